The van der Waals surface area contributed by atoms with Crippen LogP contribution in [0.4, 0.5) is 0 Å². The monoisotopic (exact) mass is 264 g/mol. The van der Waals surface area contributed by atoms with Crippen molar-refractivity contribution in [3.05, 3.63) is 10.7 Å². The Morgan fingerprint density at radius 2 is 2.12 bits per heavy atom. The summed E-state index contributed by atoms with van der Waals surface area (Å²) in [6.07, 6.45) is -0.806. The number of hydrogen-bond donors (Lipinski definition) is 3. The number of nitrogens with zero attached hydrogens (tertiary/aromatic N) is 1. The Hall–Kier alpha value is -0.340. The zero-order valence-corrected chi connectivity index (χ0v) is 11.3. The molecule has 0 saturated heterocycles. The Labute approximate surface area is 101 Å². The second kappa shape index (κ2) is 4.89. The largest absolute Gasteiger partial charge is 0.387 e. The van der Waals surface area contributed by atoms with E-state index in [9.17, 15) is 14.4 Å². The fourth-order valence-corrected chi connectivity index (χ4v) is 3.34. The molecule has 0 saturated carbocycles. The molecule has 0 aliphatic rings. The first-order valence-corrected chi connectivity index (χ1v) is 6.74. The number of aromatic nitrogens is 1. The molecule has 92 valence electrons. The van der Waals surface area contributed by atoms with E-state index in [4.69, 9.17) is 0 Å². The predicted molar refractivity (Wildman–Crippen MR) is 63.5 cm³/mol. The molecule has 1 heterocycles. The van der Waals surface area contributed by atoms with Gasteiger partial charge in [-0.25, -0.2) is 13.9 Å². The maximum Gasteiger partial charge on any atom is 0.136 e. The Bertz CT molecular complexity index is 396. The predicted octanol–water partition coefficient (Wildman–Crippen LogP) is 0.666. The third kappa shape index (κ3) is 2.86. The molecule has 3 N–H and O–H groups in total. The lowest BCUT2D eigenvalue weighted by Gasteiger charge is -2.12. The van der Waals surface area contributed by atoms with Crippen molar-refractivity contribution in [1.29, 1.82) is 0 Å². The maximum absolute atomic E-state index is 11.7. The average molecular weight is 264 g/mol. The Morgan fingerprint density at radius 3 is 2.50 bits per heavy atom. The summed E-state index contributed by atoms with van der Waals surface area (Å²) in [4.78, 5) is 4.14. The lowest BCUT2D eigenvalue weighted by Crippen LogP contribution is -2.15. The third-order valence-corrected chi connectivity index (χ3v) is 4.69. The van der Waals surface area contributed by atoms with Crippen molar-refractivity contribution in [2.75, 3.05) is 7.05 Å². The van der Waals surface area contributed by atoms with Gasteiger partial charge in [-0.3, -0.25) is 0 Å². The summed E-state index contributed by atoms with van der Waals surface area (Å²) in [5.41, 5.74) is -0.736. The van der Waals surface area contributed by atoms with Gasteiger partial charge >= 0.3 is 0 Å². The van der Waals surface area contributed by atoms with Crippen molar-refractivity contribution >= 4 is 22.3 Å². The summed E-state index contributed by atoms with van der Waals surface area (Å²) in [6.45, 7) is 4.76. The topological polar surface area (TPSA) is 82.5 Å². The first kappa shape index (κ1) is 13.7. The molecule has 0 amide bonds. The van der Waals surface area contributed by atoms with Crippen molar-refractivity contribution in [1.82, 2.24) is 9.71 Å². The van der Waals surface area contributed by atoms with Crippen LogP contribution in [0.3, 0.4) is 0 Å². The molecule has 0 aliphatic carbocycles. The van der Waals surface area contributed by atoms with E-state index in [0.717, 1.165) is 11.3 Å². The van der Waals surface area contributed by atoms with Crippen LogP contribution in [0.5, 0.6) is 0 Å². The van der Waals surface area contributed by atoms with E-state index in [1.165, 1.54) is 0 Å². The zero-order valence-electron chi connectivity index (χ0n) is 9.64. The van der Waals surface area contributed by atoms with Crippen LogP contribution in [0.15, 0.2) is 4.21 Å². The molecular weight excluding hydrogens is 248 g/mol. The lowest BCUT2D eigenvalue weighted by molar-refractivity contribution is 0.0775. The number of nitrogens with one attached hydrogen (secondary N) is 1. The van der Waals surface area contributed by atoms with Crippen molar-refractivity contribution in [3.63, 3.8) is 0 Å². The van der Waals surface area contributed by atoms with Crippen LogP contribution in [0.1, 0.15) is 37.6 Å². The van der Waals surface area contributed by atoms with E-state index in [-0.39, 0.29) is 0 Å². The van der Waals surface area contributed by atoms with Crippen molar-refractivity contribution in [3.8, 4) is 0 Å². The molecule has 0 fully saturated rings. The highest BCUT2D eigenvalue weighted by atomic mass is 32.2. The SMILES string of the molecule is CNS(=O)c1sc(C(C)(C)O)nc1C(C)O. The molecular formula is C9H16N2O3S2. The number of aliphatic hydroxyl groups excluding tert-OH is 1. The molecule has 0 aromatic carbocycles. The Kier molecular flexibility index (Phi) is 4.19. The zero-order chi connectivity index (χ0) is 12.5. The minimum Gasteiger partial charge on any atom is -0.387 e. The van der Waals surface area contributed by atoms with E-state index < -0.39 is 22.7 Å². The van der Waals surface area contributed by atoms with Gasteiger partial charge in [0.1, 0.15) is 25.8 Å². The molecule has 0 aliphatic heterocycles. The standard InChI is InChI=1S/C9H16N2O3S2/c1-5(12)6-7(16(14)10-4)15-8(11-6)9(2,3)13/h5,10,12-13H,1-4H3. The highest BCUT2D eigenvalue weighted by Crippen LogP contribution is 2.32. The van der Waals surface area contributed by atoms with Crippen molar-refractivity contribution in [2.45, 2.75) is 36.7 Å². The maximum atomic E-state index is 11.7. The summed E-state index contributed by atoms with van der Waals surface area (Å²) in [5, 5.41) is 19.8. The molecule has 2 atom stereocenters. The van der Waals surface area contributed by atoms with Gasteiger partial charge in [-0.2, -0.15) is 0 Å². The van der Waals surface area contributed by atoms with Crippen LogP contribution >= 0.6 is 11.3 Å². The molecule has 2 unspecified atom stereocenters. The van der Waals surface area contributed by atoms with Gasteiger partial charge in [0.15, 0.2) is 0 Å². The van der Waals surface area contributed by atoms with E-state index in [0.29, 0.717) is 14.9 Å². The molecule has 1 rings (SSSR count). The fraction of sp³-hybridized carbons (Fsp3) is 0.667. The quantitative estimate of drug-likeness (QED) is 0.746. The molecule has 5 nitrogen and oxygen atoms in total. The van der Waals surface area contributed by atoms with Gasteiger partial charge in [0.2, 0.25) is 0 Å². The van der Waals surface area contributed by atoms with Gasteiger partial charge in [-0.1, -0.05) is 0 Å². The van der Waals surface area contributed by atoms with Crippen LogP contribution in [0, 0.1) is 0 Å². The van der Waals surface area contributed by atoms with Gasteiger partial charge in [0.25, 0.3) is 0 Å². The Balaban J connectivity index is 3.26. The van der Waals surface area contributed by atoms with Gasteiger partial charge in [-0.05, 0) is 27.8 Å². The minimum absolute atomic E-state index is 0.356. The highest BCUT2D eigenvalue weighted by molar-refractivity contribution is 7.85. The summed E-state index contributed by atoms with van der Waals surface area (Å²) >= 11 is 1.14. The highest BCUT2D eigenvalue weighted by Gasteiger charge is 2.27. The average Bonchev–Trinajstić information content (AvgIpc) is 2.60. The summed E-state index contributed by atoms with van der Waals surface area (Å²) in [7, 11) is 0.159. The summed E-state index contributed by atoms with van der Waals surface area (Å²) in [5.74, 6) is 0. The second-order valence-electron chi connectivity index (χ2n) is 3.90. The van der Waals surface area contributed by atoms with E-state index in [2.05, 4.69) is 9.71 Å². The second-order valence-corrected chi connectivity index (χ2v) is 6.51. The molecule has 1 aromatic heterocycles. The molecule has 16 heavy (non-hydrogen) atoms. The molecule has 7 heteroatoms. The minimum atomic E-state index is -1.40. The first-order chi connectivity index (χ1) is 7.27. The molecule has 0 bridgehead atoms. The summed E-state index contributed by atoms with van der Waals surface area (Å²) in [6, 6.07) is 0. The van der Waals surface area contributed by atoms with E-state index in [1.807, 2.05) is 0 Å². The van der Waals surface area contributed by atoms with Gasteiger partial charge in [0, 0.05) is 0 Å². The van der Waals surface area contributed by atoms with Crippen LogP contribution in [0.25, 0.3) is 0 Å². The lowest BCUT2D eigenvalue weighted by atomic mass is 10.1. The van der Waals surface area contributed by atoms with Gasteiger partial charge in [0.05, 0.1) is 11.8 Å². The number of hydrogen-bond acceptors (Lipinski definition) is 5. The molecule has 0 spiro atoms. The van der Waals surface area contributed by atoms with E-state index in [1.54, 1.807) is 27.8 Å². The third-order valence-electron chi connectivity index (χ3n) is 1.89. The Morgan fingerprint density at radius 1 is 1.56 bits per heavy atom. The number of rotatable bonds is 4. The number of aliphatic hydroxyl groups is 2. The van der Waals surface area contributed by atoms with Crippen molar-refractivity contribution in [2.24, 2.45) is 0 Å². The van der Waals surface area contributed by atoms with Crippen molar-refractivity contribution < 1.29 is 14.4 Å². The normalized spacial score (nSPS) is 16.1. The van der Waals surface area contributed by atoms with Crippen LogP contribution in [0.2, 0.25) is 0 Å². The smallest absolute Gasteiger partial charge is 0.136 e. The van der Waals surface area contributed by atoms with Crippen LogP contribution < -0.4 is 4.72 Å². The number of thiazole rings is 1. The fourth-order valence-electron chi connectivity index (χ4n) is 1.07. The van der Waals surface area contributed by atoms with Gasteiger partial charge in [-0.15, -0.1) is 11.3 Å². The van der Waals surface area contributed by atoms with Crippen LogP contribution in [-0.4, -0.2) is 26.5 Å². The molecule has 1 aromatic rings. The van der Waals surface area contributed by atoms with Crippen LogP contribution in [-0.2, 0) is 16.6 Å². The van der Waals surface area contributed by atoms with E-state index >= 15 is 0 Å². The molecule has 0 radical (unpaired) electrons. The van der Waals surface area contributed by atoms with Gasteiger partial charge < -0.3 is 10.2 Å². The summed E-state index contributed by atoms with van der Waals surface area (Å²) < 4.78 is 14.7. The first-order valence-electron chi connectivity index (χ1n) is 4.78.